The summed E-state index contributed by atoms with van der Waals surface area (Å²) in [5.41, 5.74) is 3.21. The van der Waals surface area contributed by atoms with Crippen molar-refractivity contribution in [2.45, 2.75) is 26.3 Å². The van der Waals surface area contributed by atoms with Crippen molar-refractivity contribution in [2.75, 3.05) is 24.5 Å². The molecule has 4 nitrogen and oxygen atoms in total. The van der Waals surface area contributed by atoms with E-state index in [1.165, 1.54) is 5.56 Å². The van der Waals surface area contributed by atoms with Gasteiger partial charge in [-0.3, -0.25) is 9.69 Å². The molecule has 0 radical (unpaired) electrons. The number of benzene rings is 2. The van der Waals surface area contributed by atoms with E-state index >= 15 is 0 Å². The number of para-hydroxylation sites is 2. The first kappa shape index (κ1) is 16.9. The van der Waals surface area contributed by atoms with Crippen molar-refractivity contribution in [3.63, 3.8) is 0 Å². The molecule has 0 saturated heterocycles. The van der Waals surface area contributed by atoms with Crippen LogP contribution in [0.3, 0.4) is 0 Å². The molecule has 4 heteroatoms. The molecule has 0 spiro atoms. The smallest absolute Gasteiger partial charge is 0.241 e. The van der Waals surface area contributed by atoms with Gasteiger partial charge >= 0.3 is 0 Å². The molecule has 2 heterocycles. The highest BCUT2D eigenvalue weighted by atomic mass is 16.3. The van der Waals surface area contributed by atoms with Crippen LogP contribution in [0.2, 0.25) is 0 Å². The molecule has 1 amide bonds. The fourth-order valence-corrected chi connectivity index (χ4v) is 3.77. The van der Waals surface area contributed by atoms with Gasteiger partial charge in [-0.1, -0.05) is 43.3 Å². The van der Waals surface area contributed by atoms with E-state index in [2.05, 4.69) is 36.9 Å². The Morgan fingerprint density at radius 2 is 1.96 bits per heavy atom. The molecule has 1 aliphatic heterocycles. The second-order valence-corrected chi connectivity index (χ2v) is 6.85. The number of hydrogen-bond donors (Lipinski definition) is 0. The minimum atomic E-state index is 0.0502. The molecule has 134 valence electrons. The van der Waals surface area contributed by atoms with E-state index in [1.807, 2.05) is 41.3 Å². The monoisotopic (exact) mass is 348 g/mol. The van der Waals surface area contributed by atoms with Gasteiger partial charge in [0.2, 0.25) is 5.91 Å². The van der Waals surface area contributed by atoms with Gasteiger partial charge in [0.25, 0.3) is 0 Å². The molecule has 0 saturated carbocycles. The van der Waals surface area contributed by atoms with Crippen LogP contribution < -0.4 is 4.90 Å². The van der Waals surface area contributed by atoms with Gasteiger partial charge in [0.05, 0.1) is 12.6 Å². The maximum Gasteiger partial charge on any atom is 0.241 e. The van der Waals surface area contributed by atoms with E-state index in [0.29, 0.717) is 6.54 Å². The Morgan fingerprint density at radius 1 is 1.19 bits per heavy atom. The van der Waals surface area contributed by atoms with Gasteiger partial charge in [-0.05, 0) is 43.7 Å². The van der Waals surface area contributed by atoms with Gasteiger partial charge in [-0.15, -0.1) is 0 Å². The van der Waals surface area contributed by atoms with E-state index in [4.69, 9.17) is 4.42 Å². The Bertz CT molecular complexity index is 898. The fraction of sp³-hybridized carbons (Fsp3) is 0.318. The summed E-state index contributed by atoms with van der Waals surface area (Å²) in [6.07, 6.45) is 0.938. The van der Waals surface area contributed by atoms with Crippen LogP contribution in [-0.4, -0.2) is 30.4 Å². The van der Waals surface area contributed by atoms with Crippen LogP contribution in [0, 0.1) is 0 Å². The Labute approximate surface area is 154 Å². The average molecular weight is 348 g/mol. The Morgan fingerprint density at radius 3 is 2.77 bits per heavy atom. The SMILES string of the molecule is CCN(CC(=O)N1CCc2ccccc21)[C@H](C)c1cc2ccccc2o1. The third-order valence-corrected chi connectivity index (χ3v) is 5.34. The number of carbonyl (C=O) groups is 1. The molecule has 4 rings (SSSR count). The third-order valence-electron chi connectivity index (χ3n) is 5.34. The minimum Gasteiger partial charge on any atom is -0.459 e. The van der Waals surface area contributed by atoms with Crippen molar-refractivity contribution in [2.24, 2.45) is 0 Å². The van der Waals surface area contributed by atoms with Gasteiger partial charge in [0.1, 0.15) is 11.3 Å². The van der Waals surface area contributed by atoms with Crippen molar-refractivity contribution in [1.29, 1.82) is 0 Å². The summed E-state index contributed by atoms with van der Waals surface area (Å²) in [6.45, 7) is 6.15. The van der Waals surface area contributed by atoms with Crippen molar-refractivity contribution in [1.82, 2.24) is 4.90 Å². The molecule has 0 fully saturated rings. The van der Waals surface area contributed by atoms with Crippen LogP contribution in [0.15, 0.2) is 59.0 Å². The number of amides is 1. The molecule has 26 heavy (non-hydrogen) atoms. The lowest BCUT2D eigenvalue weighted by Crippen LogP contribution is -2.40. The largest absolute Gasteiger partial charge is 0.459 e. The standard InChI is InChI=1S/C22H24N2O2/c1-3-23(16(2)21-14-18-9-5-7-11-20(18)26-21)15-22(25)24-13-12-17-8-4-6-10-19(17)24/h4-11,14,16H,3,12-13,15H2,1-2H3/t16-/m1/s1. The van der Waals surface area contributed by atoms with Gasteiger partial charge in [-0.25, -0.2) is 0 Å². The van der Waals surface area contributed by atoms with E-state index in [1.54, 1.807) is 0 Å². The lowest BCUT2D eigenvalue weighted by atomic mass is 10.2. The number of furan rings is 1. The van der Waals surface area contributed by atoms with E-state index in [-0.39, 0.29) is 11.9 Å². The van der Waals surface area contributed by atoms with Crippen LogP contribution in [-0.2, 0) is 11.2 Å². The minimum absolute atomic E-state index is 0.0502. The van der Waals surface area contributed by atoms with Crippen LogP contribution in [0.1, 0.15) is 31.2 Å². The highest BCUT2D eigenvalue weighted by Crippen LogP contribution is 2.30. The third kappa shape index (κ3) is 3.01. The first-order valence-electron chi connectivity index (χ1n) is 9.28. The lowest BCUT2D eigenvalue weighted by Gasteiger charge is -2.28. The molecule has 1 aromatic heterocycles. The summed E-state index contributed by atoms with van der Waals surface area (Å²) in [4.78, 5) is 17.0. The highest BCUT2D eigenvalue weighted by molar-refractivity contribution is 5.96. The zero-order valence-corrected chi connectivity index (χ0v) is 15.3. The van der Waals surface area contributed by atoms with Crippen molar-refractivity contribution in [3.05, 3.63) is 65.9 Å². The number of rotatable bonds is 5. The lowest BCUT2D eigenvalue weighted by molar-refractivity contribution is -0.120. The Balaban J connectivity index is 1.51. The molecular formula is C22H24N2O2. The van der Waals surface area contributed by atoms with Crippen LogP contribution >= 0.6 is 0 Å². The topological polar surface area (TPSA) is 36.7 Å². The highest BCUT2D eigenvalue weighted by Gasteiger charge is 2.27. The molecule has 1 atom stereocenters. The second-order valence-electron chi connectivity index (χ2n) is 6.85. The van der Waals surface area contributed by atoms with Gasteiger partial charge in [0, 0.05) is 17.6 Å². The quantitative estimate of drug-likeness (QED) is 0.685. The van der Waals surface area contributed by atoms with Crippen LogP contribution in [0.4, 0.5) is 5.69 Å². The summed E-state index contributed by atoms with van der Waals surface area (Å²) in [5.74, 6) is 1.06. The fourth-order valence-electron chi connectivity index (χ4n) is 3.77. The molecular weight excluding hydrogens is 324 g/mol. The van der Waals surface area contributed by atoms with Gasteiger partial charge in [0.15, 0.2) is 0 Å². The van der Waals surface area contributed by atoms with Crippen LogP contribution in [0.5, 0.6) is 0 Å². The molecule has 2 aromatic carbocycles. The van der Waals surface area contributed by atoms with E-state index < -0.39 is 0 Å². The number of nitrogens with zero attached hydrogens (tertiary/aromatic N) is 2. The summed E-state index contributed by atoms with van der Waals surface area (Å²) in [5, 5.41) is 1.10. The number of fused-ring (bicyclic) bond motifs is 2. The molecule has 1 aliphatic rings. The maximum atomic E-state index is 12.9. The zero-order valence-electron chi connectivity index (χ0n) is 15.3. The van der Waals surface area contributed by atoms with Gasteiger partial charge < -0.3 is 9.32 Å². The summed E-state index contributed by atoms with van der Waals surface area (Å²) >= 11 is 0. The maximum absolute atomic E-state index is 12.9. The molecule has 0 bridgehead atoms. The average Bonchev–Trinajstić information content (AvgIpc) is 3.29. The first-order valence-corrected chi connectivity index (χ1v) is 9.28. The van der Waals surface area contributed by atoms with E-state index in [9.17, 15) is 4.79 Å². The molecule has 3 aromatic rings. The summed E-state index contributed by atoms with van der Waals surface area (Å²) in [6, 6.07) is 18.3. The summed E-state index contributed by atoms with van der Waals surface area (Å²) < 4.78 is 6.01. The molecule has 0 aliphatic carbocycles. The van der Waals surface area contributed by atoms with E-state index in [0.717, 1.165) is 41.9 Å². The number of hydrogen-bond acceptors (Lipinski definition) is 3. The van der Waals surface area contributed by atoms with Crippen LogP contribution in [0.25, 0.3) is 11.0 Å². The molecule has 0 unspecified atom stereocenters. The first-order chi connectivity index (χ1) is 12.7. The Hall–Kier alpha value is -2.59. The van der Waals surface area contributed by atoms with Gasteiger partial charge in [-0.2, -0.15) is 0 Å². The van der Waals surface area contributed by atoms with Crippen molar-refractivity contribution in [3.8, 4) is 0 Å². The Kier molecular flexibility index (Phi) is 4.51. The predicted octanol–water partition coefficient (Wildman–Crippen LogP) is 4.41. The zero-order chi connectivity index (χ0) is 18.1. The number of carbonyl (C=O) groups excluding carboxylic acids is 1. The van der Waals surface area contributed by atoms with Crippen molar-refractivity contribution >= 4 is 22.6 Å². The molecule has 0 N–H and O–H groups in total. The number of anilines is 1. The summed E-state index contributed by atoms with van der Waals surface area (Å²) in [7, 11) is 0. The second kappa shape index (κ2) is 6.96. The number of likely N-dealkylation sites (N-methyl/N-ethyl adjacent to an activating group) is 1. The predicted molar refractivity (Wildman–Crippen MR) is 104 cm³/mol. The van der Waals surface area contributed by atoms with Crippen molar-refractivity contribution < 1.29 is 9.21 Å². The normalized spacial score (nSPS) is 14.8.